The largest absolute Gasteiger partial charge is 0.388 e. The summed E-state index contributed by atoms with van der Waals surface area (Å²) in [5, 5.41) is 41.1. The number of hydrogen-bond donors (Lipinski definition) is 8. The molecule has 1 aliphatic rings. The summed E-state index contributed by atoms with van der Waals surface area (Å²) in [4.78, 5) is 53.7. The number of anilines is 2. The summed E-state index contributed by atoms with van der Waals surface area (Å²) in [7, 11) is 3.28. The van der Waals surface area contributed by atoms with Gasteiger partial charge in [0, 0.05) is 50.4 Å². The van der Waals surface area contributed by atoms with E-state index in [1.54, 1.807) is 37.0 Å². The molecule has 238 valence electrons. The van der Waals surface area contributed by atoms with Crippen molar-refractivity contribution < 1.29 is 39.2 Å². The van der Waals surface area contributed by atoms with E-state index in [1.807, 2.05) is 24.3 Å². The first-order valence-corrected chi connectivity index (χ1v) is 14.3. The van der Waals surface area contributed by atoms with E-state index in [0.29, 0.717) is 29.2 Å². The first kappa shape index (κ1) is 31.5. The molecule has 4 atom stereocenters. The number of benzene rings is 1. The average Bonchev–Trinajstić information content (AvgIpc) is 3.71. The second-order valence-electron chi connectivity index (χ2n) is 10.9. The van der Waals surface area contributed by atoms with Crippen LogP contribution in [0.25, 0.3) is 10.9 Å². The highest BCUT2D eigenvalue weighted by Crippen LogP contribution is 2.19. The SMILES string of the molecule is Cn1cc(NC(=O)c2cc3ccccc3[nH]2)cc1C(=O)NCCCC(=O)Nc1cc(C(=O)N[C@H]2OC[C@@H](O)[C@H](O)[C@H]2O)n(C)c1. The number of aliphatic hydroxyl groups excluding tert-OH is 3. The maximum atomic E-state index is 12.7. The third-order valence-electron chi connectivity index (χ3n) is 7.43. The second kappa shape index (κ2) is 13.4. The van der Waals surface area contributed by atoms with Crippen molar-refractivity contribution in [2.75, 3.05) is 23.8 Å². The van der Waals surface area contributed by atoms with Crippen LogP contribution < -0.4 is 21.3 Å². The summed E-state index contributed by atoms with van der Waals surface area (Å²) in [6.45, 7) is -0.0318. The molecule has 0 spiro atoms. The monoisotopic (exact) mass is 621 g/mol. The van der Waals surface area contributed by atoms with Crippen LogP contribution in [0.2, 0.25) is 0 Å². The Labute approximate surface area is 257 Å². The highest BCUT2D eigenvalue weighted by atomic mass is 16.5. The molecule has 1 saturated heterocycles. The van der Waals surface area contributed by atoms with Crippen molar-refractivity contribution in [3.63, 3.8) is 0 Å². The summed E-state index contributed by atoms with van der Waals surface area (Å²) in [5.74, 6) is -1.64. The number of aryl methyl sites for hydroxylation is 2. The Bertz CT molecular complexity index is 1690. The Kier molecular flexibility index (Phi) is 9.34. The van der Waals surface area contributed by atoms with Crippen molar-refractivity contribution in [2.24, 2.45) is 14.1 Å². The predicted molar refractivity (Wildman–Crippen MR) is 163 cm³/mol. The van der Waals surface area contributed by atoms with Crippen LogP contribution in [0.5, 0.6) is 0 Å². The molecule has 15 nitrogen and oxygen atoms in total. The number of fused-ring (bicyclic) bond motifs is 1. The number of nitrogens with one attached hydrogen (secondary N) is 5. The first-order valence-electron chi connectivity index (χ1n) is 14.3. The Hall–Kier alpha value is -4.96. The lowest BCUT2D eigenvalue weighted by Crippen LogP contribution is -2.59. The van der Waals surface area contributed by atoms with Crippen LogP contribution in [0.3, 0.4) is 0 Å². The van der Waals surface area contributed by atoms with Gasteiger partial charge in [0.15, 0.2) is 6.23 Å². The lowest BCUT2D eigenvalue weighted by molar-refractivity contribution is -0.191. The standard InChI is InChI=1S/C30H35N7O8/c1-36-14-18(33-27(42)20-10-16-6-3-4-7-19(16)34-20)12-21(36)28(43)31-9-5-8-24(39)32-17-11-22(37(2)13-17)29(44)35-30-26(41)25(40)23(38)15-45-30/h3-4,6-7,10-14,23,25-26,30,34,38,40-41H,5,8-9,15H2,1-2H3,(H,31,43)(H,32,39)(H,33,42)(H,35,44)/t23-,25+,26-,30+/m1/s1. The van der Waals surface area contributed by atoms with Crippen molar-refractivity contribution in [1.29, 1.82) is 0 Å². The fourth-order valence-electron chi connectivity index (χ4n) is 5.01. The molecule has 1 aliphatic heterocycles. The van der Waals surface area contributed by atoms with Crippen LogP contribution >= 0.6 is 0 Å². The summed E-state index contributed by atoms with van der Waals surface area (Å²) in [6, 6.07) is 12.3. The Morgan fingerprint density at radius 1 is 0.889 bits per heavy atom. The van der Waals surface area contributed by atoms with Crippen LogP contribution in [0.1, 0.15) is 44.3 Å². The maximum Gasteiger partial charge on any atom is 0.272 e. The molecule has 0 radical (unpaired) electrons. The van der Waals surface area contributed by atoms with Crippen molar-refractivity contribution in [3.05, 3.63) is 71.9 Å². The molecular weight excluding hydrogens is 586 g/mol. The molecule has 5 rings (SSSR count). The van der Waals surface area contributed by atoms with E-state index in [4.69, 9.17) is 4.74 Å². The van der Waals surface area contributed by atoms with Crippen LogP contribution in [0.4, 0.5) is 11.4 Å². The third-order valence-corrected chi connectivity index (χ3v) is 7.43. The molecular formula is C30H35N7O8. The Morgan fingerprint density at radius 2 is 1.56 bits per heavy atom. The third kappa shape index (κ3) is 7.24. The van der Waals surface area contributed by atoms with Gasteiger partial charge < -0.3 is 55.4 Å². The van der Waals surface area contributed by atoms with Gasteiger partial charge in [-0.1, -0.05) is 18.2 Å². The van der Waals surface area contributed by atoms with E-state index in [2.05, 4.69) is 26.3 Å². The van der Waals surface area contributed by atoms with Gasteiger partial charge in [-0.2, -0.15) is 0 Å². The maximum absolute atomic E-state index is 12.7. The molecule has 4 aromatic rings. The van der Waals surface area contributed by atoms with E-state index < -0.39 is 30.4 Å². The van der Waals surface area contributed by atoms with Gasteiger partial charge >= 0.3 is 0 Å². The molecule has 0 bridgehead atoms. The minimum Gasteiger partial charge on any atom is -0.388 e. The Balaban J connectivity index is 1.06. The van der Waals surface area contributed by atoms with Gasteiger partial charge in [0.1, 0.15) is 35.4 Å². The van der Waals surface area contributed by atoms with Gasteiger partial charge in [-0.15, -0.1) is 0 Å². The fraction of sp³-hybridized carbons (Fsp3) is 0.333. The second-order valence-corrected chi connectivity index (χ2v) is 10.9. The number of hydrogen-bond acceptors (Lipinski definition) is 8. The number of carbonyl (C=O) groups excluding carboxylic acids is 4. The van der Waals surface area contributed by atoms with Gasteiger partial charge in [-0.3, -0.25) is 19.2 Å². The minimum atomic E-state index is -1.52. The lowest BCUT2D eigenvalue weighted by Gasteiger charge is -2.35. The zero-order chi connectivity index (χ0) is 32.2. The minimum absolute atomic E-state index is 0.0952. The van der Waals surface area contributed by atoms with Crippen LogP contribution in [-0.4, -0.2) is 90.8 Å². The number of rotatable bonds is 10. The number of aromatic amines is 1. The molecule has 15 heteroatoms. The van der Waals surface area contributed by atoms with Crippen LogP contribution in [0.15, 0.2) is 54.9 Å². The molecule has 0 aliphatic carbocycles. The normalized spacial score (nSPS) is 19.7. The van der Waals surface area contributed by atoms with Gasteiger partial charge in [0.2, 0.25) is 5.91 Å². The Morgan fingerprint density at radius 3 is 2.27 bits per heavy atom. The summed E-state index contributed by atoms with van der Waals surface area (Å²) in [5.41, 5.74) is 2.56. The summed E-state index contributed by atoms with van der Waals surface area (Å²) in [6.07, 6.45) is -1.85. The number of amides is 4. The van der Waals surface area contributed by atoms with E-state index >= 15 is 0 Å². The van der Waals surface area contributed by atoms with E-state index in [1.165, 1.54) is 16.8 Å². The smallest absolute Gasteiger partial charge is 0.272 e. The zero-order valence-electron chi connectivity index (χ0n) is 24.6. The van der Waals surface area contributed by atoms with Gasteiger partial charge in [0.05, 0.1) is 18.0 Å². The molecule has 3 aromatic heterocycles. The van der Waals surface area contributed by atoms with Crippen molar-refractivity contribution in [2.45, 2.75) is 37.4 Å². The van der Waals surface area contributed by atoms with Gasteiger partial charge in [0.25, 0.3) is 17.7 Å². The number of H-pyrrole nitrogens is 1. The first-order chi connectivity index (χ1) is 21.5. The molecule has 4 heterocycles. The molecule has 1 fully saturated rings. The van der Waals surface area contributed by atoms with Gasteiger partial charge in [-0.25, -0.2) is 0 Å². The highest BCUT2D eigenvalue weighted by Gasteiger charge is 2.38. The van der Waals surface area contributed by atoms with Gasteiger partial charge in [-0.05, 0) is 30.7 Å². The predicted octanol–water partition coefficient (Wildman–Crippen LogP) is 0.415. The molecule has 1 aromatic carbocycles. The number of aliphatic hydroxyl groups is 3. The van der Waals surface area contributed by atoms with Crippen molar-refractivity contribution in [1.82, 2.24) is 24.8 Å². The van der Waals surface area contributed by atoms with E-state index in [0.717, 1.165) is 10.9 Å². The molecule has 0 unspecified atom stereocenters. The topological polar surface area (TPSA) is 212 Å². The van der Waals surface area contributed by atoms with E-state index in [-0.39, 0.29) is 43.0 Å². The number of para-hydroxylation sites is 1. The highest BCUT2D eigenvalue weighted by molar-refractivity contribution is 6.06. The molecule has 0 saturated carbocycles. The zero-order valence-corrected chi connectivity index (χ0v) is 24.6. The van der Waals surface area contributed by atoms with Crippen molar-refractivity contribution >= 4 is 45.9 Å². The average molecular weight is 622 g/mol. The molecule has 8 N–H and O–H groups in total. The molecule has 4 amide bonds. The number of aromatic nitrogens is 3. The molecule has 45 heavy (non-hydrogen) atoms. The summed E-state index contributed by atoms with van der Waals surface area (Å²) >= 11 is 0. The summed E-state index contributed by atoms with van der Waals surface area (Å²) < 4.78 is 8.28. The lowest BCUT2D eigenvalue weighted by atomic mass is 10.0. The number of carbonyl (C=O) groups is 4. The van der Waals surface area contributed by atoms with Crippen LogP contribution in [-0.2, 0) is 23.6 Å². The van der Waals surface area contributed by atoms with E-state index in [9.17, 15) is 34.5 Å². The van der Waals surface area contributed by atoms with Crippen LogP contribution in [0, 0.1) is 0 Å². The number of ether oxygens (including phenoxy) is 1. The number of nitrogens with zero attached hydrogens (tertiary/aromatic N) is 2. The van der Waals surface area contributed by atoms with Crippen molar-refractivity contribution in [3.8, 4) is 0 Å². The fourth-order valence-corrected chi connectivity index (χ4v) is 5.01. The quantitative estimate of drug-likeness (QED) is 0.116.